The predicted octanol–water partition coefficient (Wildman–Crippen LogP) is 2.72. The molecular formula is C10H7F3N2O. The molecule has 0 aliphatic heterocycles. The van der Waals surface area contributed by atoms with Crippen LogP contribution in [0.15, 0.2) is 30.3 Å². The Balaban J connectivity index is 2.50. The predicted molar refractivity (Wildman–Crippen MR) is 52.8 cm³/mol. The number of alkyl halides is 3. The summed E-state index contributed by atoms with van der Waals surface area (Å²) in [4.78, 5) is 3.70. The molecule has 0 bridgehead atoms. The van der Waals surface area contributed by atoms with E-state index in [-0.39, 0.29) is 5.69 Å². The Kier molecular flexibility index (Phi) is 2.34. The SMILES string of the molecule is Nc1cc(OC(F)(F)F)nc2ccccc12. The van der Waals surface area contributed by atoms with Crippen LogP contribution < -0.4 is 10.5 Å². The maximum Gasteiger partial charge on any atom is 0.574 e. The first kappa shape index (κ1) is 10.5. The van der Waals surface area contributed by atoms with E-state index in [9.17, 15) is 13.2 Å². The van der Waals surface area contributed by atoms with Crippen LogP contribution in [0.25, 0.3) is 10.9 Å². The highest BCUT2D eigenvalue weighted by Gasteiger charge is 2.32. The van der Waals surface area contributed by atoms with Gasteiger partial charge in [0.1, 0.15) is 0 Å². The molecule has 2 aromatic rings. The first-order chi connectivity index (χ1) is 7.46. The Morgan fingerprint density at radius 3 is 2.56 bits per heavy atom. The molecule has 0 saturated carbocycles. The number of rotatable bonds is 1. The summed E-state index contributed by atoms with van der Waals surface area (Å²) in [6.07, 6.45) is -4.76. The molecule has 0 fully saturated rings. The van der Waals surface area contributed by atoms with Gasteiger partial charge in [0, 0.05) is 17.1 Å². The van der Waals surface area contributed by atoms with Crippen LogP contribution in [0.5, 0.6) is 5.88 Å². The number of fused-ring (bicyclic) bond motifs is 1. The average Bonchev–Trinajstić information content (AvgIpc) is 2.15. The van der Waals surface area contributed by atoms with Crippen LogP contribution in [-0.4, -0.2) is 11.3 Å². The van der Waals surface area contributed by atoms with E-state index in [1.807, 2.05) is 0 Å². The smallest absolute Gasteiger partial charge is 0.398 e. The van der Waals surface area contributed by atoms with Crippen molar-refractivity contribution in [3.8, 4) is 5.88 Å². The first-order valence-electron chi connectivity index (χ1n) is 4.37. The second-order valence-electron chi connectivity index (χ2n) is 3.11. The molecule has 0 atom stereocenters. The molecule has 0 spiro atoms. The molecule has 0 aliphatic carbocycles. The van der Waals surface area contributed by atoms with Crippen molar-refractivity contribution in [1.82, 2.24) is 4.98 Å². The molecule has 2 rings (SSSR count). The highest BCUT2D eigenvalue weighted by Crippen LogP contribution is 2.27. The molecule has 16 heavy (non-hydrogen) atoms. The van der Waals surface area contributed by atoms with Crippen LogP contribution in [-0.2, 0) is 0 Å². The third-order valence-electron chi connectivity index (χ3n) is 1.94. The number of anilines is 1. The number of halogens is 3. The van der Waals surface area contributed by atoms with Crippen LogP contribution in [0, 0.1) is 0 Å². The lowest BCUT2D eigenvalue weighted by Gasteiger charge is -2.09. The maximum atomic E-state index is 12.0. The maximum absolute atomic E-state index is 12.0. The Bertz CT molecular complexity index is 525. The zero-order chi connectivity index (χ0) is 11.8. The van der Waals surface area contributed by atoms with Crippen molar-refractivity contribution >= 4 is 16.6 Å². The van der Waals surface area contributed by atoms with Crippen molar-refractivity contribution in [3.63, 3.8) is 0 Å². The highest BCUT2D eigenvalue weighted by atomic mass is 19.4. The number of hydrogen-bond acceptors (Lipinski definition) is 3. The molecule has 1 aromatic carbocycles. The number of nitrogens with two attached hydrogens (primary N) is 1. The summed E-state index contributed by atoms with van der Waals surface area (Å²) >= 11 is 0. The molecule has 0 unspecified atom stereocenters. The van der Waals surface area contributed by atoms with E-state index in [1.165, 1.54) is 0 Å². The number of ether oxygens (including phenoxy) is 1. The van der Waals surface area contributed by atoms with Gasteiger partial charge in [0.2, 0.25) is 5.88 Å². The van der Waals surface area contributed by atoms with Crippen LogP contribution in [0.1, 0.15) is 0 Å². The lowest BCUT2D eigenvalue weighted by molar-refractivity contribution is -0.276. The molecular weight excluding hydrogens is 221 g/mol. The highest BCUT2D eigenvalue weighted by molar-refractivity contribution is 5.90. The molecule has 0 aliphatic rings. The van der Waals surface area contributed by atoms with E-state index in [4.69, 9.17) is 5.73 Å². The van der Waals surface area contributed by atoms with Crippen molar-refractivity contribution in [1.29, 1.82) is 0 Å². The van der Waals surface area contributed by atoms with Crippen molar-refractivity contribution in [2.45, 2.75) is 6.36 Å². The second-order valence-corrected chi connectivity index (χ2v) is 3.11. The molecule has 0 amide bonds. The number of nitrogen functional groups attached to an aromatic ring is 1. The summed E-state index contributed by atoms with van der Waals surface area (Å²) in [6, 6.07) is 7.68. The second kappa shape index (κ2) is 3.55. The molecule has 1 heterocycles. The van der Waals surface area contributed by atoms with E-state index < -0.39 is 12.2 Å². The number of hydrogen-bond donors (Lipinski definition) is 1. The Labute approximate surface area is 88.6 Å². The fourth-order valence-electron chi connectivity index (χ4n) is 1.35. The van der Waals surface area contributed by atoms with Gasteiger partial charge in [-0.2, -0.15) is 0 Å². The van der Waals surface area contributed by atoms with Gasteiger partial charge in [-0.05, 0) is 6.07 Å². The van der Waals surface area contributed by atoms with E-state index in [2.05, 4.69) is 9.72 Å². The summed E-state index contributed by atoms with van der Waals surface area (Å²) in [5.74, 6) is -0.552. The fourth-order valence-corrected chi connectivity index (χ4v) is 1.35. The van der Waals surface area contributed by atoms with Crippen LogP contribution in [0.2, 0.25) is 0 Å². The summed E-state index contributed by atoms with van der Waals surface area (Å²) in [6.45, 7) is 0. The summed E-state index contributed by atoms with van der Waals surface area (Å²) < 4.78 is 39.6. The average molecular weight is 228 g/mol. The van der Waals surface area contributed by atoms with Gasteiger partial charge in [-0.1, -0.05) is 18.2 Å². The van der Waals surface area contributed by atoms with E-state index in [1.54, 1.807) is 24.3 Å². The van der Waals surface area contributed by atoms with Crippen molar-refractivity contribution in [2.75, 3.05) is 5.73 Å². The molecule has 6 heteroatoms. The Morgan fingerprint density at radius 1 is 1.19 bits per heavy atom. The van der Waals surface area contributed by atoms with Gasteiger partial charge in [-0.3, -0.25) is 0 Å². The molecule has 0 saturated heterocycles. The van der Waals surface area contributed by atoms with Gasteiger partial charge in [0.15, 0.2) is 0 Å². The van der Waals surface area contributed by atoms with Gasteiger partial charge in [-0.15, -0.1) is 13.2 Å². The zero-order valence-corrected chi connectivity index (χ0v) is 7.95. The summed E-state index contributed by atoms with van der Waals surface area (Å²) in [5.41, 5.74) is 6.15. The van der Waals surface area contributed by atoms with E-state index in [0.717, 1.165) is 6.07 Å². The summed E-state index contributed by atoms with van der Waals surface area (Å²) in [7, 11) is 0. The van der Waals surface area contributed by atoms with E-state index in [0.29, 0.717) is 10.9 Å². The van der Waals surface area contributed by atoms with Crippen LogP contribution >= 0.6 is 0 Å². The monoisotopic (exact) mass is 228 g/mol. The first-order valence-corrected chi connectivity index (χ1v) is 4.37. The molecule has 2 N–H and O–H groups in total. The number of benzene rings is 1. The number of nitrogens with zero attached hydrogens (tertiary/aromatic N) is 1. The van der Waals surface area contributed by atoms with E-state index >= 15 is 0 Å². The molecule has 0 radical (unpaired) electrons. The molecule has 1 aromatic heterocycles. The van der Waals surface area contributed by atoms with Gasteiger partial charge in [0.05, 0.1) is 5.52 Å². The van der Waals surface area contributed by atoms with Crippen molar-refractivity contribution in [3.05, 3.63) is 30.3 Å². The van der Waals surface area contributed by atoms with Gasteiger partial charge >= 0.3 is 6.36 Å². The van der Waals surface area contributed by atoms with Crippen LogP contribution in [0.3, 0.4) is 0 Å². The molecule has 3 nitrogen and oxygen atoms in total. The Hall–Kier alpha value is -1.98. The van der Waals surface area contributed by atoms with Crippen molar-refractivity contribution < 1.29 is 17.9 Å². The topological polar surface area (TPSA) is 48.1 Å². The number of para-hydroxylation sites is 1. The Morgan fingerprint density at radius 2 is 1.88 bits per heavy atom. The lowest BCUT2D eigenvalue weighted by atomic mass is 10.2. The van der Waals surface area contributed by atoms with Gasteiger partial charge in [-0.25, -0.2) is 4.98 Å². The minimum Gasteiger partial charge on any atom is -0.398 e. The minimum absolute atomic E-state index is 0.199. The van der Waals surface area contributed by atoms with Gasteiger partial charge in [0.25, 0.3) is 0 Å². The largest absolute Gasteiger partial charge is 0.574 e. The normalized spacial score (nSPS) is 11.7. The standard InChI is InChI=1S/C10H7F3N2O/c11-10(12,13)16-9-5-7(14)6-3-1-2-4-8(6)15-9/h1-5H,(H2,14,15). The number of pyridine rings is 1. The number of aromatic nitrogens is 1. The van der Waals surface area contributed by atoms with Crippen molar-refractivity contribution in [2.24, 2.45) is 0 Å². The van der Waals surface area contributed by atoms with Crippen LogP contribution in [0.4, 0.5) is 18.9 Å². The fraction of sp³-hybridized carbons (Fsp3) is 0.100. The third-order valence-corrected chi connectivity index (χ3v) is 1.94. The zero-order valence-electron chi connectivity index (χ0n) is 7.95. The lowest BCUT2D eigenvalue weighted by Crippen LogP contribution is -2.18. The third kappa shape index (κ3) is 2.16. The minimum atomic E-state index is -4.76. The molecule has 84 valence electrons. The quantitative estimate of drug-likeness (QED) is 0.816. The summed E-state index contributed by atoms with van der Waals surface area (Å²) in [5, 5.41) is 0.594. The van der Waals surface area contributed by atoms with Gasteiger partial charge < -0.3 is 10.5 Å².